The summed E-state index contributed by atoms with van der Waals surface area (Å²) in [5, 5.41) is 10.5. The third-order valence-corrected chi connectivity index (χ3v) is 7.53. The van der Waals surface area contributed by atoms with Crippen LogP contribution in [0.25, 0.3) is 22.1 Å². The summed E-state index contributed by atoms with van der Waals surface area (Å²) in [5.74, 6) is -1.96. The maximum absolute atomic E-state index is 15.9. The zero-order chi connectivity index (χ0) is 27.3. The number of aliphatic carboxylic acids is 1. The van der Waals surface area contributed by atoms with E-state index in [1.165, 1.54) is 11.1 Å². The van der Waals surface area contributed by atoms with E-state index in [2.05, 4.69) is 30.9 Å². The van der Waals surface area contributed by atoms with Crippen molar-refractivity contribution in [2.75, 3.05) is 24.7 Å². The predicted molar refractivity (Wildman–Crippen MR) is 137 cm³/mol. The van der Waals surface area contributed by atoms with E-state index in [4.69, 9.17) is 13.9 Å². The molecule has 0 spiro atoms. The maximum Gasteiger partial charge on any atom is 0.326 e. The molecule has 1 aromatic carbocycles. The van der Waals surface area contributed by atoms with Gasteiger partial charge in [-0.15, -0.1) is 0 Å². The zero-order valence-electron chi connectivity index (χ0n) is 20.3. The highest BCUT2D eigenvalue weighted by Gasteiger charge is 2.43. The van der Waals surface area contributed by atoms with Crippen LogP contribution in [0.15, 0.2) is 45.4 Å². The molecule has 2 fully saturated rings. The standard InChI is InChI=1S/C26H22BrF3N4O5/c27-13-9-16(26(30)5-7-37-8-6-26)24(31-11-13)38-14-10-17(25(35)36)34(12-14)23-20-19(32-22(33-23)21(28)29)15-3-1-2-4-18(15)39-20/h1-4,9,11,14,17,21H,5-8,10,12H2,(H,35,36)/t14-,17-/m0/s1. The lowest BCUT2D eigenvalue weighted by atomic mass is 9.89. The van der Waals surface area contributed by atoms with Crippen molar-refractivity contribution in [2.45, 2.75) is 43.5 Å². The number of nitrogens with zero attached hydrogens (tertiary/aromatic N) is 4. The second-order valence-corrected chi connectivity index (χ2v) is 10.5. The topological polar surface area (TPSA) is 111 Å². The number of benzene rings is 1. The minimum atomic E-state index is -2.99. The van der Waals surface area contributed by atoms with Crippen LogP contribution in [0.5, 0.6) is 5.88 Å². The molecule has 1 N–H and O–H groups in total. The Bertz CT molecular complexity index is 1560. The maximum atomic E-state index is 15.9. The third kappa shape index (κ3) is 4.67. The Morgan fingerprint density at radius 1 is 1.23 bits per heavy atom. The van der Waals surface area contributed by atoms with Crippen molar-refractivity contribution < 1.29 is 37.0 Å². The summed E-state index contributed by atoms with van der Waals surface area (Å²) in [6.45, 7) is 0.450. The summed E-state index contributed by atoms with van der Waals surface area (Å²) in [6, 6.07) is 7.23. The molecule has 4 aromatic rings. The Hall–Kier alpha value is -3.45. The van der Waals surface area contributed by atoms with Crippen molar-refractivity contribution in [1.29, 1.82) is 0 Å². The molecule has 2 saturated heterocycles. The first-order valence-corrected chi connectivity index (χ1v) is 13.1. The highest BCUT2D eigenvalue weighted by Crippen LogP contribution is 2.43. The van der Waals surface area contributed by atoms with Gasteiger partial charge in [0.1, 0.15) is 28.9 Å². The average molecular weight is 607 g/mol. The van der Waals surface area contributed by atoms with E-state index in [9.17, 15) is 18.7 Å². The minimum Gasteiger partial charge on any atom is -0.480 e. The summed E-state index contributed by atoms with van der Waals surface area (Å²) in [7, 11) is 0. The predicted octanol–water partition coefficient (Wildman–Crippen LogP) is 5.56. The number of carboxylic acids is 1. The number of rotatable bonds is 6. The fourth-order valence-electron chi connectivity index (χ4n) is 5.20. The second-order valence-electron chi connectivity index (χ2n) is 9.55. The number of hydrogen-bond acceptors (Lipinski definition) is 8. The summed E-state index contributed by atoms with van der Waals surface area (Å²) < 4.78 is 61.5. The molecule has 0 saturated carbocycles. The fourth-order valence-corrected chi connectivity index (χ4v) is 5.53. The van der Waals surface area contributed by atoms with Gasteiger partial charge in [0.05, 0.1) is 12.1 Å². The van der Waals surface area contributed by atoms with Gasteiger partial charge >= 0.3 is 5.97 Å². The van der Waals surface area contributed by atoms with E-state index in [1.54, 1.807) is 30.3 Å². The number of carbonyl (C=O) groups is 1. The first-order chi connectivity index (χ1) is 18.7. The molecule has 0 amide bonds. The number of aromatic nitrogens is 3. The third-order valence-electron chi connectivity index (χ3n) is 7.10. The van der Waals surface area contributed by atoms with Gasteiger partial charge in [-0.3, -0.25) is 0 Å². The van der Waals surface area contributed by atoms with Crippen molar-refractivity contribution in [3.63, 3.8) is 0 Å². The zero-order valence-corrected chi connectivity index (χ0v) is 21.9. The monoisotopic (exact) mass is 606 g/mol. The van der Waals surface area contributed by atoms with Crippen LogP contribution in [0, 0.1) is 0 Å². The van der Waals surface area contributed by atoms with Gasteiger partial charge in [-0.2, -0.15) is 0 Å². The van der Waals surface area contributed by atoms with Gasteiger partial charge in [0.15, 0.2) is 17.2 Å². The summed E-state index contributed by atoms with van der Waals surface area (Å²) in [6.07, 6.45) is -2.06. The van der Waals surface area contributed by atoms with Gasteiger partial charge in [0.2, 0.25) is 5.88 Å². The number of anilines is 1. The normalized spacial score (nSPS) is 21.2. The first-order valence-electron chi connectivity index (χ1n) is 12.3. The lowest BCUT2D eigenvalue weighted by Gasteiger charge is -2.31. The van der Waals surface area contributed by atoms with E-state index < -0.39 is 36.0 Å². The molecule has 0 radical (unpaired) electrons. The van der Waals surface area contributed by atoms with Gasteiger partial charge in [-0.05, 0) is 34.1 Å². The molecule has 39 heavy (non-hydrogen) atoms. The van der Waals surface area contributed by atoms with Gasteiger partial charge in [0.25, 0.3) is 6.43 Å². The summed E-state index contributed by atoms with van der Waals surface area (Å²) in [4.78, 5) is 26.0. The number of furan rings is 1. The van der Waals surface area contributed by atoms with Crippen molar-refractivity contribution in [3.8, 4) is 5.88 Å². The van der Waals surface area contributed by atoms with Gasteiger partial charge < -0.3 is 23.9 Å². The molecular weight excluding hydrogens is 585 g/mol. The van der Waals surface area contributed by atoms with E-state index in [0.29, 0.717) is 15.4 Å². The van der Waals surface area contributed by atoms with Crippen LogP contribution in [0.2, 0.25) is 0 Å². The molecule has 0 bridgehead atoms. The minimum absolute atomic E-state index is 0.0232. The smallest absolute Gasteiger partial charge is 0.326 e. The van der Waals surface area contributed by atoms with Crippen LogP contribution in [-0.2, 0) is 15.2 Å². The van der Waals surface area contributed by atoms with Crippen molar-refractivity contribution in [2.24, 2.45) is 0 Å². The molecule has 2 aliphatic heterocycles. The van der Waals surface area contributed by atoms with Crippen LogP contribution in [0.3, 0.4) is 0 Å². The average Bonchev–Trinajstić information content (AvgIpc) is 3.51. The largest absolute Gasteiger partial charge is 0.480 e. The van der Waals surface area contributed by atoms with Crippen LogP contribution < -0.4 is 9.64 Å². The second kappa shape index (κ2) is 9.94. The lowest BCUT2D eigenvalue weighted by Crippen LogP contribution is -2.37. The van der Waals surface area contributed by atoms with Crippen molar-refractivity contribution in [3.05, 3.63) is 52.4 Å². The molecular formula is C26H22BrF3N4O5. The Kier molecular flexibility index (Phi) is 6.58. The number of halogens is 4. The Morgan fingerprint density at radius 3 is 2.74 bits per heavy atom. The van der Waals surface area contributed by atoms with Crippen molar-refractivity contribution in [1.82, 2.24) is 15.0 Å². The highest BCUT2D eigenvalue weighted by molar-refractivity contribution is 9.10. The Morgan fingerprint density at radius 2 is 2.00 bits per heavy atom. The van der Waals surface area contributed by atoms with E-state index in [-0.39, 0.29) is 67.4 Å². The number of hydrogen-bond donors (Lipinski definition) is 1. The molecule has 204 valence electrons. The molecule has 9 nitrogen and oxygen atoms in total. The van der Waals surface area contributed by atoms with Crippen molar-refractivity contribution >= 4 is 49.8 Å². The number of pyridine rings is 1. The molecule has 13 heteroatoms. The molecule has 2 atom stereocenters. The quantitative estimate of drug-likeness (QED) is 0.301. The van der Waals surface area contributed by atoms with E-state index >= 15 is 4.39 Å². The van der Waals surface area contributed by atoms with Gasteiger partial charge in [-0.25, -0.2) is 32.9 Å². The number of alkyl halides is 3. The molecule has 3 aromatic heterocycles. The summed E-state index contributed by atoms with van der Waals surface area (Å²) in [5.41, 5.74) is -0.822. The molecule has 0 unspecified atom stereocenters. The van der Waals surface area contributed by atoms with E-state index in [1.807, 2.05) is 0 Å². The first kappa shape index (κ1) is 25.8. The SMILES string of the molecule is O=C(O)[C@@H]1C[C@H](Oc2ncc(Br)cc2C2(F)CCOCC2)CN1c1nc(C(F)F)nc2c1oc1ccccc12. The van der Waals surface area contributed by atoms with Gasteiger partial charge in [-0.1, -0.05) is 12.1 Å². The summed E-state index contributed by atoms with van der Waals surface area (Å²) >= 11 is 3.34. The number of fused-ring (bicyclic) bond motifs is 3. The van der Waals surface area contributed by atoms with Crippen LogP contribution in [0.1, 0.15) is 37.1 Å². The fraction of sp³-hybridized carbons (Fsp3) is 0.385. The number of carboxylic acid groups (broad SMARTS) is 1. The Labute approximate surface area is 228 Å². The number of para-hydroxylation sites is 1. The van der Waals surface area contributed by atoms with E-state index in [0.717, 1.165) is 0 Å². The number of ether oxygens (including phenoxy) is 2. The van der Waals surface area contributed by atoms with Crippen LogP contribution in [-0.4, -0.2) is 57.9 Å². The van der Waals surface area contributed by atoms with Gasteiger partial charge in [0, 0.05) is 48.5 Å². The van der Waals surface area contributed by atoms with Crippen LogP contribution in [0.4, 0.5) is 19.0 Å². The van der Waals surface area contributed by atoms with Crippen LogP contribution >= 0.6 is 15.9 Å². The molecule has 0 aliphatic carbocycles. The highest BCUT2D eigenvalue weighted by atomic mass is 79.9. The Balaban J connectivity index is 1.39. The molecule has 5 heterocycles. The molecule has 2 aliphatic rings. The molecule has 6 rings (SSSR count). The lowest BCUT2D eigenvalue weighted by molar-refractivity contribution is -0.138.